The standard InChI is InChI=1S/C24H25O2P/c1-19(24-25-15-16-26-24)17-20-9-8-14-23(18-20)27(21-10-4-2-5-11-21)22-12-6-3-7-13-22/h2-14,18-19,24H,15-17H2,1H3. The molecule has 1 atom stereocenters. The fourth-order valence-corrected chi connectivity index (χ4v) is 5.96. The van der Waals surface area contributed by atoms with Gasteiger partial charge in [0, 0.05) is 5.92 Å². The highest BCUT2D eigenvalue weighted by atomic mass is 31.1. The lowest BCUT2D eigenvalue weighted by Crippen LogP contribution is -2.23. The average Bonchev–Trinajstić information content (AvgIpc) is 3.25. The fraction of sp³-hybridized carbons (Fsp3) is 0.250. The molecule has 1 aliphatic heterocycles. The first-order valence-electron chi connectivity index (χ1n) is 9.53. The van der Waals surface area contributed by atoms with Crippen molar-refractivity contribution in [3.63, 3.8) is 0 Å². The van der Waals surface area contributed by atoms with Gasteiger partial charge < -0.3 is 9.47 Å². The second-order valence-electron chi connectivity index (χ2n) is 6.97. The summed E-state index contributed by atoms with van der Waals surface area (Å²) in [5.74, 6) is 0.349. The van der Waals surface area contributed by atoms with E-state index in [4.69, 9.17) is 9.47 Å². The summed E-state index contributed by atoms with van der Waals surface area (Å²) in [6, 6.07) is 30.7. The summed E-state index contributed by atoms with van der Waals surface area (Å²) in [6.45, 7) is 3.63. The molecule has 138 valence electrons. The molecule has 27 heavy (non-hydrogen) atoms. The predicted octanol–water partition coefficient (Wildman–Crippen LogP) is 4.00. The summed E-state index contributed by atoms with van der Waals surface area (Å²) in [7, 11) is -0.560. The number of ether oxygens (including phenoxy) is 2. The van der Waals surface area contributed by atoms with Crippen LogP contribution >= 0.6 is 7.92 Å². The molecule has 4 rings (SSSR count). The van der Waals surface area contributed by atoms with Gasteiger partial charge >= 0.3 is 0 Å². The van der Waals surface area contributed by atoms with Gasteiger partial charge in [-0.15, -0.1) is 0 Å². The highest BCUT2D eigenvalue weighted by Gasteiger charge is 2.24. The Bertz CT molecular complexity index is 805. The van der Waals surface area contributed by atoms with Crippen molar-refractivity contribution in [2.45, 2.75) is 19.6 Å². The van der Waals surface area contributed by atoms with E-state index < -0.39 is 7.92 Å². The third kappa shape index (κ3) is 4.47. The van der Waals surface area contributed by atoms with Crippen LogP contribution in [0.4, 0.5) is 0 Å². The molecular formula is C24H25O2P. The number of hydrogen-bond donors (Lipinski definition) is 0. The van der Waals surface area contributed by atoms with E-state index in [2.05, 4.69) is 91.9 Å². The summed E-state index contributed by atoms with van der Waals surface area (Å²) in [4.78, 5) is 0. The van der Waals surface area contributed by atoms with Crippen LogP contribution < -0.4 is 15.9 Å². The first kappa shape index (κ1) is 18.4. The Kier molecular flexibility index (Phi) is 5.99. The molecule has 0 bridgehead atoms. The van der Waals surface area contributed by atoms with E-state index in [-0.39, 0.29) is 6.29 Å². The van der Waals surface area contributed by atoms with Gasteiger partial charge in [-0.25, -0.2) is 0 Å². The van der Waals surface area contributed by atoms with E-state index in [9.17, 15) is 0 Å². The maximum atomic E-state index is 5.69. The van der Waals surface area contributed by atoms with Crippen molar-refractivity contribution in [2.75, 3.05) is 13.2 Å². The molecule has 0 amide bonds. The third-order valence-corrected chi connectivity index (χ3v) is 7.29. The van der Waals surface area contributed by atoms with Gasteiger partial charge in [-0.2, -0.15) is 0 Å². The average molecular weight is 376 g/mol. The van der Waals surface area contributed by atoms with Gasteiger partial charge in [0.2, 0.25) is 0 Å². The molecule has 1 heterocycles. The van der Waals surface area contributed by atoms with Gasteiger partial charge in [0.1, 0.15) is 0 Å². The number of benzene rings is 3. The van der Waals surface area contributed by atoms with Crippen LogP contribution in [0.15, 0.2) is 84.9 Å². The molecule has 1 unspecified atom stereocenters. The van der Waals surface area contributed by atoms with Crippen LogP contribution in [0.25, 0.3) is 0 Å². The van der Waals surface area contributed by atoms with Gasteiger partial charge in [-0.05, 0) is 35.8 Å². The minimum absolute atomic E-state index is 0.0709. The zero-order chi connectivity index (χ0) is 18.5. The SMILES string of the molecule is CC(Cc1cccc(P(c2ccccc2)c2ccccc2)c1)C1OCCO1. The maximum absolute atomic E-state index is 5.69. The van der Waals surface area contributed by atoms with E-state index in [0.717, 1.165) is 6.42 Å². The molecule has 0 aromatic heterocycles. The third-order valence-electron chi connectivity index (χ3n) is 4.87. The lowest BCUT2D eigenvalue weighted by molar-refractivity contribution is -0.0780. The monoisotopic (exact) mass is 376 g/mol. The Morgan fingerprint density at radius 3 is 1.93 bits per heavy atom. The molecule has 3 aromatic carbocycles. The Balaban J connectivity index is 1.64. The molecule has 0 spiro atoms. The smallest absolute Gasteiger partial charge is 0.160 e. The molecule has 0 aliphatic carbocycles. The molecule has 3 heteroatoms. The van der Waals surface area contributed by atoms with Gasteiger partial charge in [-0.3, -0.25) is 0 Å². The van der Waals surface area contributed by atoms with Crippen molar-refractivity contribution in [2.24, 2.45) is 5.92 Å². The lowest BCUT2D eigenvalue weighted by atomic mass is 10.0. The van der Waals surface area contributed by atoms with E-state index in [0.29, 0.717) is 19.1 Å². The van der Waals surface area contributed by atoms with Crippen LogP contribution in [0.1, 0.15) is 12.5 Å². The Labute approximate surface area is 162 Å². The van der Waals surface area contributed by atoms with Crippen molar-refractivity contribution < 1.29 is 9.47 Å². The van der Waals surface area contributed by atoms with Crippen LogP contribution in [-0.4, -0.2) is 19.5 Å². The zero-order valence-electron chi connectivity index (χ0n) is 15.6. The minimum Gasteiger partial charge on any atom is -0.350 e. The number of hydrogen-bond acceptors (Lipinski definition) is 2. The Hall–Kier alpha value is -1.99. The van der Waals surface area contributed by atoms with Crippen molar-refractivity contribution in [3.8, 4) is 0 Å². The molecule has 1 fully saturated rings. The number of rotatable bonds is 6. The summed E-state index contributed by atoms with van der Waals surface area (Å²) in [5, 5.41) is 4.15. The Morgan fingerprint density at radius 1 is 0.778 bits per heavy atom. The summed E-state index contributed by atoms with van der Waals surface area (Å²) in [6.07, 6.45) is 0.893. The Morgan fingerprint density at radius 2 is 1.33 bits per heavy atom. The van der Waals surface area contributed by atoms with Gasteiger partial charge in [0.15, 0.2) is 6.29 Å². The normalized spacial score (nSPS) is 15.9. The van der Waals surface area contributed by atoms with Crippen molar-refractivity contribution in [1.82, 2.24) is 0 Å². The first-order chi connectivity index (χ1) is 13.3. The molecule has 1 aliphatic rings. The van der Waals surface area contributed by atoms with Crippen molar-refractivity contribution in [3.05, 3.63) is 90.5 Å². The van der Waals surface area contributed by atoms with Crippen molar-refractivity contribution >= 4 is 23.8 Å². The van der Waals surface area contributed by atoms with Crippen LogP contribution in [-0.2, 0) is 15.9 Å². The second kappa shape index (κ2) is 8.80. The van der Waals surface area contributed by atoms with Crippen LogP contribution in [0.3, 0.4) is 0 Å². The van der Waals surface area contributed by atoms with Crippen LogP contribution in [0.5, 0.6) is 0 Å². The van der Waals surface area contributed by atoms with Crippen molar-refractivity contribution in [1.29, 1.82) is 0 Å². The molecule has 0 N–H and O–H groups in total. The van der Waals surface area contributed by atoms with E-state index in [1.54, 1.807) is 0 Å². The predicted molar refractivity (Wildman–Crippen MR) is 114 cm³/mol. The molecule has 3 aromatic rings. The van der Waals surface area contributed by atoms with E-state index >= 15 is 0 Å². The van der Waals surface area contributed by atoms with Crippen LogP contribution in [0.2, 0.25) is 0 Å². The van der Waals surface area contributed by atoms with Gasteiger partial charge in [0.25, 0.3) is 0 Å². The summed E-state index contributed by atoms with van der Waals surface area (Å²) >= 11 is 0. The largest absolute Gasteiger partial charge is 0.350 e. The fourth-order valence-electron chi connectivity index (χ4n) is 3.60. The maximum Gasteiger partial charge on any atom is 0.160 e. The summed E-state index contributed by atoms with van der Waals surface area (Å²) in [5.41, 5.74) is 1.35. The lowest BCUT2D eigenvalue weighted by Gasteiger charge is -2.21. The highest BCUT2D eigenvalue weighted by molar-refractivity contribution is 7.79. The van der Waals surface area contributed by atoms with E-state index in [1.165, 1.54) is 21.5 Å². The quantitative estimate of drug-likeness (QED) is 0.606. The second-order valence-corrected chi connectivity index (χ2v) is 9.19. The van der Waals surface area contributed by atoms with Gasteiger partial charge in [-0.1, -0.05) is 91.9 Å². The summed E-state index contributed by atoms with van der Waals surface area (Å²) < 4.78 is 11.4. The highest BCUT2D eigenvalue weighted by Crippen LogP contribution is 2.33. The molecule has 1 saturated heterocycles. The van der Waals surface area contributed by atoms with Gasteiger partial charge in [0.05, 0.1) is 13.2 Å². The molecular weight excluding hydrogens is 351 g/mol. The topological polar surface area (TPSA) is 18.5 Å². The minimum atomic E-state index is -0.560. The van der Waals surface area contributed by atoms with Crippen LogP contribution in [0, 0.1) is 5.92 Å². The molecule has 2 nitrogen and oxygen atoms in total. The van der Waals surface area contributed by atoms with E-state index in [1.807, 2.05) is 0 Å². The first-order valence-corrected chi connectivity index (χ1v) is 10.9. The molecule has 0 radical (unpaired) electrons. The zero-order valence-corrected chi connectivity index (χ0v) is 16.5. The molecule has 0 saturated carbocycles.